The van der Waals surface area contributed by atoms with Gasteiger partial charge >= 0.3 is 0 Å². The summed E-state index contributed by atoms with van der Waals surface area (Å²) in [6.45, 7) is 2.14. The average molecular weight is 313 g/mol. The van der Waals surface area contributed by atoms with Gasteiger partial charge in [0.1, 0.15) is 12.1 Å². The van der Waals surface area contributed by atoms with Crippen molar-refractivity contribution < 1.29 is 14.4 Å². The molecule has 7 heteroatoms. The first-order valence-corrected chi connectivity index (χ1v) is 8.01. The molecule has 1 saturated heterocycles. The molecule has 2 fully saturated rings. The number of hydrogen-bond acceptors (Lipinski definition) is 4. The molecule has 6 nitrogen and oxygen atoms in total. The van der Waals surface area contributed by atoms with E-state index in [4.69, 9.17) is 5.73 Å². The molecule has 4 atom stereocenters. The number of carbonyl (C=O) groups excluding carboxylic acids is 3. The van der Waals surface area contributed by atoms with Crippen LogP contribution in [0, 0.1) is 5.92 Å². The fourth-order valence-corrected chi connectivity index (χ4v) is 3.58. The second-order valence-corrected chi connectivity index (χ2v) is 6.59. The number of amides is 3. The summed E-state index contributed by atoms with van der Waals surface area (Å²) in [7, 11) is 0. The first-order valence-electron chi connectivity index (χ1n) is 7.50. The van der Waals surface area contributed by atoms with Crippen molar-refractivity contribution >= 4 is 30.4 Å². The maximum absolute atomic E-state index is 12.6. The maximum atomic E-state index is 12.6. The van der Waals surface area contributed by atoms with Gasteiger partial charge in [-0.1, -0.05) is 6.42 Å². The molecule has 1 aliphatic heterocycles. The van der Waals surface area contributed by atoms with Crippen molar-refractivity contribution in [3.05, 3.63) is 0 Å². The monoisotopic (exact) mass is 313 g/mol. The summed E-state index contributed by atoms with van der Waals surface area (Å²) in [5.41, 5.74) is 5.15. The van der Waals surface area contributed by atoms with Gasteiger partial charge in [0.05, 0.1) is 0 Å². The van der Waals surface area contributed by atoms with Crippen LogP contribution in [0.15, 0.2) is 0 Å². The van der Waals surface area contributed by atoms with Gasteiger partial charge in [-0.25, -0.2) is 0 Å². The van der Waals surface area contributed by atoms with E-state index in [9.17, 15) is 14.4 Å². The van der Waals surface area contributed by atoms with Crippen molar-refractivity contribution in [2.45, 2.75) is 56.4 Å². The molecule has 3 N–H and O–H groups in total. The summed E-state index contributed by atoms with van der Waals surface area (Å²) in [6, 6.07) is -1.21. The van der Waals surface area contributed by atoms with Crippen molar-refractivity contribution in [3.63, 3.8) is 0 Å². The number of carbonyl (C=O) groups is 3. The molecule has 0 aromatic rings. The Kier molecular flexibility index (Phi) is 5.13. The molecule has 0 unspecified atom stereocenters. The predicted octanol–water partition coefficient (Wildman–Crippen LogP) is 0.0659. The minimum absolute atomic E-state index is 0.0249. The molecule has 2 aliphatic rings. The van der Waals surface area contributed by atoms with Crippen LogP contribution in [-0.4, -0.2) is 46.5 Å². The van der Waals surface area contributed by atoms with E-state index in [2.05, 4.69) is 17.9 Å². The van der Waals surface area contributed by atoms with Gasteiger partial charge in [0.25, 0.3) is 0 Å². The van der Waals surface area contributed by atoms with E-state index in [1.165, 1.54) is 0 Å². The number of nitrogens with zero attached hydrogens (tertiary/aromatic N) is 1. The summed E-state index contributed by atoms with van der Waals surface area (Å²) >= 11 is 4.47. The van der Waals surface area contributed by atoms with Crippen molar-refractivity contribution in [1.29, 1.82) is 0 Å². The quantitative estimate of drug-likeness (QED) is 0.641. The predicted molar refractivity (Wildman–Crippen MR) is 81.6 cm³/mol. The van der Waals surface area contributed by atoms with Gasteiger partial charge in [0.15, 0.2) is 0 Å². The summed E-state index contributed by atoms with van der Waals surface area (Å²) in [4.78, 5) is 37.5. The molecule has 21 heavy (non-hydrogen) atoms. The van der Waals surface area contributed by atoms with Crippen molar-refractivity contribution in [2.24, 2.45) is 11.7 Å². The number of nitrogens with two attached hydrogens (primary N) is 1. The molecule has 2 rings (SSSR count). The zero-order valence-electron chi connectivity index (χ0n) is 12.2. The third kappa shape index (κ3) is 3.51. The molecule has 0 aromatic heterocycles. The Morgan fingerprint density at radius 2 is 1.95 bits per heavy atom. The third-order valence-electron chi connectivity index (χ3n) is 4.42. The van der Waals surface area contributed by atoms with E-state index in [-0.39, 0.29) is 23.0 Å². The van der Waals surface area contributed by atoms with Gasteiger partial charge in [0, 0.05) is 17.7 Å². The molecular formula is C14H23N3O3S. The lowest BCUT2D eigenvalue weighted by atomic mass is 10.1. The SMILES string of the molecule is C[C@H](NC(=O)[C@@H]1CCCN1C(=O)[C@@H]1CCC[C@@H]1S)C(N)=O. The van der Waals surface area contributed by atoms with Crippen LogP contribution >= 0.6 is 12.6 Å². The van der Waals surface area contributed by atoms with E-state index >= 15 is 0 Å². The highest BCUT2D eigenvalue weighted by Crippen LogP contribution is 2.33. The molecule has 3 amide bonds. The van der Waals surface area contributed by atoms with E-state index in [1.807, 2.05) is 0 Å². The first-order chi connectivity index (χ1) is 9.91. The van der Waals surface area contributed by atoms with Crippen molar-refractivity contribution in [2.75, 3.05) is 6.54 Å². The zero-order valence-corrected chi connectivity index (χ0v) is 13.1. The molecular weight excluding hydrogens is 290 g/mol. The molecule has 0 bridgehead atoms. The van der Waals surface area contributed by atoms with Gasteiger partial charge < -0.3 is 16.0 Å². The Bertz CT molecular complexity index is 443. The van der Waals surface area contributed by atoms with E-state index in [0.29, 0.717) is 13.0 Å². The largest absolute Gasteiger partial charge is 0.368 e. The second kappa shape index (κ2) is 6.68. The maximum Gasteiger partial charge on any atom is 0.243 e. The molecule has 0 spiro atoms. The highest BCUT2D eigenvalue weighted by atomic mass is 32.1. The summed E-state index contributed by atoms with van der Waals surface area (Å²) in [5, 5.41) is 2.67. The van der Waals surface area contributed by atoms with E-state index in [1.54, 1.807) is 11.8 Å². The van der Waals surface area contributed by atoms with Crippen molar-refractivity contribution in [3.8, 4) is 0 Å². The second-order valence-electron chi connectivity index (χ2n) is 5.93. The standard InChI is InChI=1S/C14H23N3O3S/c1-8(12(15)18)16-13(19)10-5-3-7-17(10)14(20)9-4-2-6-11(9)21/h8-11,21H,2-7H2,1H3,(H2,15,18)(H,16,19)/t8-,9+,10-,11-/m0/s1. The average Bonchev–Trinajstić information content (AvgIpc) is 3.06. The highest BCUT2D eigenvalue weighted by molar-refractivity contribution is 7.81. The van der Waals surface area contributed by atoms with E-state index in [0.717, 1.165) is 25.7 Å². The van der Waals surface area contributed by atoms with Crippen LogP contribution in [0.2, 0.25) is 0 Å². The van der Waals surface area contributed by atoms with Crippen LogP contribution in [0.3, 0.4) is 0 Å². The number of hydrogen-bond donors (Lipinski definition) is 3. The summed E-state index contributed by atoms with van der Waals surface area (Å²) in [6.07, 6.45) is 4.23. The fraction of sp³-hybridized carbons (Fsp3) is 0.786. The summed E-state index contributed by atoms with van der Waals surface area (Å²) in [5.74, 6) is -0.932. The van der Waals surface area contributed by atoms with Gasteiger partial charge in [-0.05, 0) is 32.6 Å². The Balaban J connectivity index is 2.01. The Morgan fingerprint density at radius 3 is 2.52 bits per heavy atom. The molecule has 0 radical (unpaired) electrons. The van der Waals surface area contributed by atoms with Crippen LogP contribution in [0.25, 0.3) is 0 Å². The number of nitrogens with one attached hydrogen (secondary N) is 1. The van der Waals surface area contributed by atoms with Crippen molar-refractivity contribution in [1.82, 2.24) is 10.2 Å². The normalized spacial score (nSPS) is 30.2. The third-order valence-corrected chi connectivity index (χ3v) is 5.04. The number of thiol groups is 1. The minimum Gasteiger partial charge on any atom is -0.368 e. The Hall–Kier alpha value is -1.24. The van der Waals surface area contributed by atoms with Crippen LogP contribution in [0.1, 0.15) is 39.0 Å². The lowest BCUT2D eigenvalue weighted by Gasteiger charge is -2.28. The molecule has 118 valence electrons. The zero-order chi connectivity index (χ0) is 15.6. The number of rotatable bonds is 4. The summed E-state index contributed by atoms with van der Waals surface area (Å²) < 4.78 is 0. The first kappa shape index (κ1) is 16.1. The molecule has 1 saturated carbocycles. The van der Waals surface area contributed by atoms with Crippen LogP contribution in [0.5, 0.6) is 0 Å². The van der Waals surface area contributed by atoms with Crippen LogP contribution in [0.4, 0.5) is 0 Å². The highest BCUT2D eigenvalue weighted by Gasteiger charge is 2.40. The Morgan fingerprint density at radius 1 is 1.24 bits per heavy atom. The molecule has 1 aliphatic carbocycles. The van der Waals surface area contributed by atoms with Crippen LogP contribution in [-0.2, 0) is 14.4 Å². The van der Waals surface area contributed by atoms with Gasteiger partial charge in [-0.2, -0.15) is 12.6 Å². The van der Waals surface area contributed by atoms with Gasteiger partial charge in [-0.15, -0.1) is 0 Å². The lowest BCUT2D eigenvalue weighted by Crippen LogP contribution is -2.52. The van der Waals surface area contributed by atoms with E-state index < -0.39 is 18.0 Å². The molecule has 0 aromatic carbocycles. The number of likely N-dealkylation sites (tertiary alicyclic amines) is 1. The molecule has 1 heterocycles. The van der Waals surface area contributed by atoms with Gasteiger partial charge in [0.2, 0.25) is 17.7 Å². The van der Waals surface area contributed by atoms with Crippen LogP contribution < -0.4 is 11.1 Å². The smallest absolute Gasteiger partial charge is 0.243 e. The number of primary amides is 1. The fourth-order valence-electron chi connectivity index (χ4n) is 3.13. The van der Waals surface area contributed by atoms with Gasteiger partial charge in [-0.3, -0.25) is 14.4 Å². The minimum atomic E-state index is -0.723. The Labute approximate surface area is 130 Å². The lowest BCUT2D eigenvalue weighted by molar-refractivity contribution is -0.141. The topological polar surface area (TPSA) is 92.5 Å².